The predicted molar refractivity (Wildman–Crippen MR) is 168 cm³/mol. The van der Waals surface area contributed by atoms with E-state index in [1.165, 1.54) is 49.0 Å². The molecule has 1 saturated carbocycles. The van der Waals surface area contributed by atoms with Crippen LogP contribution in [0.3, 0.4) is 0 Å². The Morgan fingerprint density at radius 2 is 1.91 bits per heavy atom. The molecule has 3 fully saturated rings. The summed E-state index contributed by atoms with van der Waals surface area (Å²) in [7, 11) is 2.19. The zero-order valence-corrected chi connectivity index (χ0v) is 26.5. The van der Waals surface area contributed by atoms with Crippen LogP contribution in [0.15, 0.2) is 43.0 Å². The van der Waals surface area contributed by atoms with Gasteiger partial charge in [0.05, 0.1) is 11.8 Å². The second-order valence-electron chi connectivity index (χ2n) is 13.7. The normalized spacial score (nSPS) is 20.6. The molecule has 2 aromatic heterocycles. The fourth-order valence-corrected chi connectivity index (χ4v) is 7.44. The molecule has 45 heavy (non-hydrogen) atoms. The van der Waals surface area contributed by atoms with Gasteiger partial charge in [-0.2, -0.15) is 0 Å². The van der Waals surface area contributed by atoms with Gasteiger partial charge in [-0.1, -0.05) is 6.07 Å². The molecular weight excluding hydrogens is 573 g/mol. The Balaban J connectivity index is 0.982. The first-order valence-electron chi connectivity index (χ1n) is 16.1. The number of anilines is 1. The Bertz CT molecular complexity index is 1570. The number of hydrogen-bond donors (Lipinski definition) is 1. The molecule has 5 heterocycles. The monoisotopic (exact) mass is 615 g/mol. The number of amides is 1. The van der Waals surface area contributed by atoms with Crippen LogP contribution in [0.25, 0.3) is 0 Å². The molecule has 4 aliphatic rings. The predicted octanol–water partition coefficient (Wildman–Crippen LogP) is 4.30. The van der Waals surface area contributed by atoms with Gasteiger partial charge in [0.1, 0.15) is 18.2 Å². The number of halogens is 1. The van der Waals surface area contributed by atoms with E-state index in [2.05, 4.69) is 44.0 Å². The summed E-state index contributed by atoms with van der Waals surface area (Å²) in [6.07, 6.45) is 7.92. The molecule has 0 radical (unpaired) electrons. The number of para-hydroxylation sites is 1. The highest BCUT2D eigenvalue weighted by Crippen LogP contribution is 2.52. The first-order valence-corrected chi connectivity index (χ1v) is 16.1. The van der Waals surface area contributed by atoms with Gasteiger partial charge in [0.15, 0.2) is 23.1 Å². The number of nitrogens with one attached hydrogen (secondary N) is 1. The van der Waals surface area contributed by atoms with Gasteiger partial charge in [0.2, 0.25) is 0 Å². The van der Waals surface area contributed by atoms with Crippen molar-refractivity contribution in [1.29, 1.82) is 0 Å². The summed E-state index contributed by atoms with van der Waals surface area (Å²) >= 11 is 0. The number of pyridine rings is 1. The smallest absolute Gasteiger partial charge is 0.255 e. The largest absolute Gasteiger partial charge is 0.490 e. The van der Waals surface area contributed by atoms with E-state index in [0.29, 0.717) is 17.6 Å². The maximum Gasteiger partial charge on any atom is 0.255 e. The molecule has 1 N–H and O–H groups in total. The Labute approximate surface area is 263 Å². The molecule has 1 aliphatic carbocycles. The zero-order valence-electron chi connectivity index (χ0n) is 26.5. The number of aromatic nitrogens is 3. The summed E-state index contributed by atoms with van der Waals surface area (Å²) in [6, 6.07) is 6.82. The van der Waals surface area contributed by atoms with Gasteiger partial charge in [0.25, 0.3) is 5.91 Å². The van der Waals surface area contributed by atoms with Crippen molar-refractivity contribution in [3.8, 4) is 17.2 Å². The minimum atomic E-state index is -0.619. The number of nitrogens with zero attached hydrogens (tertiary/aromatic N) is 6. The molecule has 1 aromatic carbocycles. The molecule has 2 saturated heterocycles. The van der Waals surface area contributed by atoms with Crippen LogP contribution in [0.4, 0.5) is 10.2 Å². The van der Waals surface area contributed by atoms with Gasteiger partial charge < -0.3 is 24.6 Å². The number of carbonyl (C=O) groups is 1. The summed E-state index contributed by atoms with van der Waals surface area (Å²) in [4.78, 5) is 33.2. The molecule has 0 bridgehead atoms. The van der Waals surface area contributed by atoms with E-state index in [4.69, 9.17) is 14.5 Å². The summed E-state index contributed by atoms with van der Waals surface area (Å²) in [5, 5.41) is 2.81. The van der Waals surface area contributed by atoms with Crippen molar-refractivity contribution in [1.82, 2.24) is 30.1 Å². The molecule has 238 valence electrons. The Kier molecular flexibility index (Phi) is 7.85. The van der Waals surface area contributed by atoms with Crippen molar-refractivity contribution in [3.05, 3.63) is 65.6 Å². The maximum atomic E-state index is 14.9. The Morgan fingerprint density at radius 3 is 2.67 bits per heavy atom. The highest BCUT2D eigenvalue weighted by molar-refractivity contribution is 5.97. The summed E-state index contributed by atoms with van der Waals surface area (Å²) < 4.78 is 27.6. The number of ether oxygens (including phenoxy) is 2. The fraction of sp³-hybridized carbons (Fsp3) is 0.529. The molecule has 11 heteroatoms. The first kappa shape index (κ1) is 29.9. The number of likely N-dealkylation sites (tertiary alicyclic amines) is 1. The average Bonchev–Trinajstić information content (AvgIpc) is 2.96. The number of benzene rings is 1. The van der Waals surface area contributed by atoms with Crippen molar-refractivity contribution >= 4 is 11.7 Å². The lowest BCUT2D eigenvalue weighted by atomic mass is 9.61. The molecule has 7 rings (SSSR count). The minimum Gasteiger partial charge on any atom is -0.490 e. The van der Waals surface area contributed by atoms with Gasteiger partial charge in [-0.05, 0) is 64.8 Å². The second-order valence-corrected chi connectivity index (χ2v) is 13.7. The van der Waals surface area contributed by atoms with Gasteiger partial charge in [0, 0.05) is 80.6 Å². The molecule has 1 atom stereocenters. The van der Waals surface area contributed by atoms with Crippen LogP contribution >= 0.6 is 0 Å². The van der Waals surface area contributed by atoms with Crippen LogP contribution < -0.4 is 19.7 Å². The standard InChI is InChI=1S/C34H42FN7O3/c1-21(2)39-33(43)25-6-5-7-27(35)31(25)45-30-14-36-20-38-32(30)42-18-34(19-42)12-24(13-34)44-29-8-10-37-28-9-11-41(17-26(28)29)22(3)23-15-40(4)16-23/h5-8,10,14,20-24H,9,11-13,15-19H2,1-4H3,(H,39,43). The van der Waals surface area contributed by atoms with E-state index >= 15 is 0 Å². The molecule has 3 aromatic rings. The fourth-order valence-electron chi connectivity index (χ4n) is 7.44. The van der Waals surface area contributed by atoms with Crippen molar-refractivity contribution in [3.63, 3.8) is 0 Å². The summed E-state index contributed by atoms with van der Waals surface area (Å²) in [5.74, 6) is 1.47. The minimum absolute atomic E-state index is 0.0985. The van der Waals surface area contributed by atoms with Crippen LogP contribution in [0.1, 0.15) is 55.2 Å². The molecule has 10 nitrogen and oxygen atoms in total. The molecular formula is C34H42FN7O3. The lowest BCUT2D eigenvalue weighted by Crippen LogP contribution is -2.65. The van der Waals surface area contributed by atoms with Gasteiger partial charge in [-0.25, -0.2) is 14.4 Å². The molecule has 1 spiro atoms. The Hall–Kier alpha value is -3.83. The molecule has 1 unspecified atom stereocenters. The zero-order chi connectivity index (χ0) is 31.3. The third-order valence-electron chi connectivity index (χ3n) is 9.92. The van der Waals surface area contributed by atoms with Crippen molar-refractivity contribution in [2.75, 3.05) is 44.7 Å². The molecule has 3 aliphatic heterocycles. The van der Waals surface area contributed by atoms with E-state index in [0.717, 1.165) is 57.1 Å². The van der Waals surface area contributed by atoms with Crippen LogP contribution in [0.5, 0.6) is 17.2 Å². The van der Waals surface area contributed by atoms with Crippen molar-refractivity contribution < 1.29 is 18.7 Å². The maximum absolute atomic E-state index is 14.9. The second kappa shape index (κ2) is 11.8. The molecule has 1 amide bonds. The number of rotatable bonds is 9. The summed E-state index contributed by atoms with van der Waals surface area (Å²) in [5.41, 5.74) is 2.69. The van der Waals surface area contributed by atoms with Crippen LogP contribution in [0, 0.1) is 17.2 Å². The summed E-state index contributed by atoms with van der Waals surface area (Å²) in [6.45, 7) is 12.0. The number of carbonyl (C=O) groups excluding carboxylic acids is 1. The SMILES string of the molecule is CC(C)NC(=O)c1cccc(F)c1Oc1cncnc1N1CC2(CC(Oc3ccnc4c3CN(C(C)C3CN(C)C3)CC4)C2)C1. The van der Waals surface area contributed by atoms with Crippen molar-refractivity contribution in [2.24, 2.45) is 11.3 Å². The average molecular weight is 616 g/mol. The van der Waals surface area contributed by atoms with E-state index < -0.39 is 11.7 Å². The first-order chi connectivity index (χ1) is 21.7. The van der Waals surface area contributed by atoms with Gasteiger partial charge in [-0.3, -0.25) is 14.7 Å². The van der Waals surface area contributed by atoms with E-state index in [-0.39, 0.29) is 28.9 Å². The van der Waals surface area contributed by atoms with Crippen molar-refractivity contribution in [2.45, 2.75) is 64.8 Å². The topological polar surface area (TPSA) is 95.9 Å². The third kappa shape index (κ3) is 5.83. The number of fused-ring (bicyclic) bond motifs is 1. The highest BCUT2D eigenvalue weighted by Gasteiger charge is 2.54. The quantitative estimate of drug-likeness (QED) is 0.378. The lowest BCUT2D eigenvalue weighted by Gasteiger charge is -2.59. The van der Waals surface area contributed by atoms with Crippen LogP contribution in [0.2, 0.25) is 0 Å². The Morgan fingerprint density at radius 1 is 1.11 bits per heavy atom. The number of hydrogen-bond acceptors (Lipinski definition) is 9. The van der Waals surface area contributed by atoms with E-state index in [9.17, 15) is 9.18 Å². The van der Waals surface area contributed by atoms with E-state index in [1.54, 1.807) is 6.07 Å². The van der Waals surface area contributed by atoms with Crippen LogP contribution in [-0.4, -0.2) is 88.6 Å². The van der Waals surface area contributed by atoms with E-state index in [1.807, 2.05) is 26.1 Å². The highest BCUT2D eigenvalue weighted by atomic mass is 19.1. The lowest BCUT2D eigenvalue weighted by molar-refractivity contribution is -0.0356. The third-order valence-corrected chi connectivity index (χ3v) is 9.92. The van der Waals surface area contributed by atoms with Gasteiger partial charge in [-0.15, -0.1) is 0 Å². The van der Waals surface area contributed by atoms with Gasteiger partial charge >= 0.3 is 0 Å². The van der Waals surface area contributed by atoms with Crippen LogP contribution in [-0.2, 0) is 13.0 Å².